The molecule has 0 aliphatic heterocycles. The van der Waals surface area contributed by atoms with E-state index in [0.717, 1.165) is 36.3 Å². The minimum absolute atomic E-state index is 0.0401. The lowest BCUT2D eigenvalue weighted by Gasteiger charge is -2.19. The Morgan fingerprint density at radius 2 is 2.04 bits per heavy atom. The van der Waals surface area contributed by atoms with E-state index in [9.17, 15) is 4.79 Å². The van der Waals surface area contributed by atoms with Crippen LogP contribution >= 0.6 is 0 Å². The third kappa shape index (κ3) is 2.93. The summed E-state index contributed by atoms with van der Waals surface area (Å²) in [6.07, 6.45) is 6.32. The van der Waals surface area contributed by atoms with Crippen molar-refractivity contribution in [3.05, 3.63) is 70.7 Å². The van der Waals surface area contributed by atoms with Gasteiger partial charge < -0.3 is 9.72 Å². The molecule has 25 heavy (non-hydrogen) atoms. The van der Waals surface area contributed by atoms with Gasteiger partial charge in [-0.15, -0.1) is 0 Å². The van der Waals surface area contributed by atoms with Crippen LogP contribution in [0.4, 0.5) is 0 Å². The predicted molar refractivity (Wildman–Crippen MR) is 98.9 cm³/mol. The second-order valence-corrected chi connectivity index (χ2v) is 6.93. The van der Waals surface area contributed by atoms with Crippen molar-refractivity contribution < 1.29 is 4.79 Å². The molecule has 128 valence electrons. The number of carbonyl (C=O) groups excluding carboxylic acids is 1. The summed E-state index contributed by atoms with van der Waals surface area (Å²) in [6.45, 7) is 3.99. The van der Waals surface area contributed by atoms with Gasteiger partial charge in [0.05, 0.1) is 11.6 Å². The van der Waals surface area contributed by atoms with E-state index < -0.39 is 0 Å². The maximum atomic E-state index is 13.0. The van der Waals surface area contributed by atoms with Crippen molar-refractivity contribution in [1.82, 2.24) is 14.7 Å². The fraction of sp³-hybridized carbons (Fsp3) is 0.333. The predicted octanol–water partition coefficient (Wildman–Crippen LogP) is 4.15. The van der Waals surface area contributed by atoms with Gasteiger partial charge in [-0.05, 0) is 56.4 Å². The van der Waals surface area contributed by atoms with E-state index in [1.165, 1.54) is 17.5 Å². The molecule has 3 aromatic rings. The Labute approximate surface area is 147 Å². The lowest BCUT2D eigenvalue weighted by molar-refractivity contribution is 0.0936. The van der Waals surface area contributed by atoms with Gasteiger partial charge in [0.15, 0.2) is 0 Å². The zero-order valence-electron chi connectivity index (χ0n) is 14.7. The van der Waals surface area contributed by atoms with Crippen LogP contribution in [0.1, 0.15) is 58.2 Å². The van der Waals surface area contributed by atoms with E-state index in [0.29, 0.717) is 5.56 Å². The van der Waals surface area contributed by atoms with Crippen molar-refractivity contribution in [3.63, 3.8) is 0 Å². The molecule has 4 nitrogen and oxygen atoms in total. The van der Waals surface area contributed by atoms with Gasteiger partial charge in [0, 0.05) is 17.6 Å². The first-order valence-corrected chi connectivity index (χ1v) is 8.97. The summed E-state index contributed by atoms with van der Waals surface area (Å²) in [5.41, 5.74) is 6.01. The number of rotatable bonds is 2. The Morgan fingerprint density at radius 3 is 2.92 bits per heavy atom. The third-order valence-electron chi connectivity index (χ3n) is 5.11. The summed E-state index contributed by atoms with van der Waals surface area (Å²) in [7, 11) is 0. The first-order valence-electron chi connectivity index (χ1n) is 8.97. The molecule has 1 N–H and O–H groups in total. The number of hydrogen-bond donors (Lipinski definition) is 1. The molecule has 1 aliphatic carbocycles. The van der Waals surface area contributed by atoms with Crippen LogP contribution in [0.25, 0.3) is 5.65 Å². The van der Waals surface area contributed by atoms with Crippen LogP contribution < -0.4 is 5.32 Å². The summed E-state index contributed by atoms with van der Waals surface area (Å²) in [5, 5.41) is 3.26. The van der Waals surface area contributed by atoms with Crippen molar-refractivity contribution in [2.75, 3.05) is 0 Å². The Kier molecular flexibility index (Phi) is 4.04. The fourth-order valence-electron chi connectivity index (χ4n) is 3.88. The number of benzene rings is 1. The van der Waals surface area contributed by atoms with Crippen LogP contribution in [0, 0.1) is 13.8 Å². The van der Waals surface area contributed by atoms with Crippen LogP contribution in [-0.4, -0.2) is 15.3 Å². The highest BCUT2D eigenvalue weighted by Gasteiger charge is 2.22. The van der Waals surface area contributed by atoms with Gasteiger partial charge in [-0.3, -0.25) is 4.79 Å². The lowest BCUT2D eigenvalue weighted by Crippen LogP contribution is -2.28. The molecule has 4 rings (SSSR count). The number of amides is 1. The molecular formula is C21H23N3O. The lowest BCUT2D eigenvalue weighted by atomic mass is 9.99. The summed E-state index contributed by atoms with van der Waals surface area (Å²) < 4.78 is 1.98. The largest absolute Gasteiger partial charge is 0.345 e. The molecule has 0 fully saturated rings. The zero-order chi connectivity index (χ0) is 17.4. The molecule has 0 radical (unpaired) electrons. The summed E-state index contributed by atoms with van der Waals surface area (Å²) in [4.78, 5) is 17.5. The Bertz CT molecular complexity index is 941. The highest BCUT2D eigenvalue weighted by molar-refractivity contribution is 6.00. The first-order chi connectivity index (χ1) is 12.1. The van der Waals surface area contributed by atoms with Gasteiger partial charge in [-0.1, -0.05) is 30.7 Å². The monoisotopic (exact) mass is 333 g/mol. The average molecular weight is 333 g/mol. The average Bonchev–Trinajstić information content (AvgIpc) is 2.91. The number of nitrogens with one attached hydrogen (secondary N) is 1. The molecule has 1 unspecified atom stereocenters. The Morgan fingerprint density at radius 1 is 1.20 bits per heavy atom. The van der Waals surface area contributed by atoms with Gasteiger partial charge >= 0.3 is 0 Å². The number of fused-ring (bicyclic) bond motifs is 2. The van der Waals surface area contributed by atoms with Crippen molar-refractivity contribution in [2.45, 2.75) is 45.6 Å². The standard InChI is InChI=1S/C21H23N3O/c1-14-13-15(2)24-12-11-18(20(24)22-14)21(25)23-19-10-6-4-8-16-7-3-5-9-17(16)19/h3,5,7,9,11-13,19H,4,6,8,10H2,1-2H3,(H,23,25). The third-order valence-corrected chi connectivity index (χ3v) is 5.11. The van der Waals surface area contributed by atoms with Gasteiger partial charge in [0.25, 0.3) is 5.91 Å². The number of carbonyl (C=O) groups is 1. The molecular weight excluding hydrogens is 310 g/mol. The van der Waals surface area contributed by atoms with E-state index in [1.807, 2.05) is 36.6 Å². The molecule has 0 spiro atoms. The topological polar surface area (TPSA) is 46.4 Å². The number of aryl methyl sites for hydroxylation is 3. The van der Waals surface area contributed by atoms with Gasteiger partial charge in [-0.25, -0.2) is 4.98 Å². The molecule has 0 bridgehead atoms. The minimum atomic E-state index is -0.0401. The number of aromatic nitrogens is 2. The smallest absolute Gasteiger partial charge is 0.255 e. The van der Waals surface area contributed by atoms with Crippen LogP contribution in [-0.2, 0) is 6.42 Å². The van der Waals surface area contributed by atoms with Crippen LogP contribution in [0.3, 0.4) is 0 Å². The van der Waals surface area contributed by atoms with Crippen molar-refractivity contribution >= 4 is 11.6 Å². The van der Waals surface area contributed by atoms with Crippen molar-refractivity contribution in [1.29, 1.82) is 0 Å². The minimum Gasteiger partial charge on any atom is -0.345 e. The summed E-state index contributed by atoms with van der Waals surface area (Å²) in [6, 6.07) is 12.4. The van der Waals surface area contributed by atoms with Crippen molar-refractivity contribution in [2.24, 2.45) is 0 Å². The molecule has 2 heterocycles. The van der Waals surface area contributed by atoms with E-state index in [2.05, 4.69) is 34.6 Å². The maximum Gasteiger partial charge on any atom is 0.255 e. The Balaban J connectivity index is 1.67. The molecule has 1 aliphatic rings. The van der Waals surface area contributed by atoms with E-state index in [1.54, 1.807) is 0 Å². The number of hydrogen-bond acceptors (Lipinski definition) is 2. The molecule has 0 saturated carbocycles. The Hall–Kier alpha value is -2.62. The van der Waals surface area contributed by atoms with Crippen molar-refractivity contribution in [3.8, 4) is 0 Å². The normalized spacial score (nSPS) is 17.1. The SMILES string of the molecule is Cc1cc(C)n2ccc(C(=O)NC3CCCCc4ccccc43)c2n1. The molecule has 1 aromatic carbocycles. The number of nitrogens with zero attached hydrogens (tertiary/aromatic N) is 2. The molecule has 0 saturated heterocycles. The molecule has 4 heteroatoms. The molecule has 1 amide bonds. The first kappa shape index (κ1) is 15.9. The highest BCUT2D eigenvalue weighted by atomic mass is 16.1. The van der Waals surface area contributed by atoms with Crippen LogP contribution in [0.5, 0.6) is 0 Å². The van der Waals surface area contributed by atoms with E-state index in [4.69, 9.17) is 0 Å². The quantitative estimate of drug-likeness (QED) is 0.716. The van der Waals surface area contributed by atoms with E-state index >= 15 is 0 Å². The van der Waals surface area contributed by atoms with Gasteiger partial charge in [0.1, 0.15) is 5.65 Å². The molecule has 2 aromatic heterocycles. The fourth-order valence-corrected chi connectivity index (χ4v) is 3.88. The van der Waals surface area contributed by atoms with Gasteiger partial charge in [0.2, 0.25) is 0 Å². The van der Waals surface area contributed by atoms with Gasteiger partial charge in [-0.2, -0.15) is 0 Å². The van der Waals surface area contributed by atoms with Crippen LogP contribution in [0.15, 0.2) is 42.6 Å². The van der Waals surface area contributed by atoms with E-state index in [-0.39, 0.29) is 11.9 Å². The zero-order valence-corrected chi connectivity index (χ0v) is 14.7. The second kappa shape index (κ2) is 6.36. The molecule has 1 atom stereocenters. The van der Waals surface area contributed by atoms with Crippen LogP contribution in [0.2, 0.25) is 0 Å². The summed E-state index contributed by atoms with van der Waals surface area (Å²) >= 11 is 0. The highest BCUT2D eigenvalue weighted by Crippen LogP contribution is 2.29. The second-order valence-electron chi connectivity index (χ2n) is 6.93. The maximum absolute atomic E-state index is 13.0. The summed E-state index contributed by atoms with van der Waals surface area (Å²) in [5.74, 6) is -0.0401.